The van der Waals surface area contributed by atoms with E-state index in [0.29, 0.717) is 39.1 Å². The normalized spacial score (nSPS) is 14.7. The zero-order chi connectivity index (χ0) is 23.5. The molecule has 0 fully saturated rings. The van der Waals surface area contributed by atoms with E-state index < -0.39 is 5.97 Å². The molecule has 1 aliphatic heterocycles. The van der Waals surface area contributed by atoms with Gasteiger partial charge in [-0.2, -0.15) is 10.1 Å². The van der Waals surface area contributed by atoms with E-state index in [1.807, 2.05) is 38.1 Å². The predicted octanol–water partition coefficient (Wildman–Crippen LogP) is 6.27. The van der Waals surface area contributed by atoms with Crippen molar-refractivity contribution in [1.29, 1.82) is 0 Å². The van der Waals surface area contributed by atoms with E-state index in [4.69, 9.17) is 16.3 Å². The molecule has 1 amide bonds. The van der Waals surface area contributed by atoms with Crippen LogP contribution in [0.1, 0.15) is 29.8 Å². The number of halogens is 1. The zero-order valence-corrected chi connectivity index (χ0v) is 18.8. The largest absolute Gasteiger partial charge is 0.478 e. The Labute approximate surface area is 196 Å². The van der Waals surface area contributed by atoms with Crippen LogP contribution in [0, 0.1) is 5.92 Å². The maximum absolute atomic E-state index is 13.4. The Morgan fingerprint density at radius 3 is 2.48 bits per heavy atom. The van der Waals surface area contributed by atoms with Crippen molar-refractivity contribution in [3.8, 4) is 11.5 Å². The number of carboxylic acid groups (broad SMARTS) is 1. The molecule has 3 aromatic carbocycles. The second-order valence-corrected chi connectivity index (χ2v) is 8.20. The van der Waals surface area contributed by atoms with Crippen LogP contribution in [-0.2, 0) is 4.79 Å². The van der Waals surface area contributed by atoms with E-state index in [1.54, 1.807) is 42.5 Å². The summed E-state index contributed by atoms with van der Waals surface area (Å²) in [5.74, 6) is -0.234. The van der Waals surface area contributed by atoms with E-state index in [0.717, 1.165) is 0 Å². The first-order valence-corrected chi connectivity index (χ1v) is 10.7. The van der Waals surface area contributed by atoms with Gasteiger partial charge in [-0.15, -0.1) is 0 Å². The van der Waals surface area contributed by atoms with E-state index in [9.17, 15) is 14.7 Å². The summed E-state index contributed by atoms with van der Waals surface area (Å²) < 4.78 is 6.03. The number of amides is 1. The average Bonchev–Trinajstić information content (AvgIpc) is 3.13. The summed E-state index contributed by atoms with van der Waals surface area (Å²) in [6, 6.07) is 20.6. The van der Waals surface area contributed by atoms with Gasteiger partial charge in [0.1, 0.15) is 11.5 Å². The van der Waals surface area contributed by atoms with Gasteiger partial charge in [0.15, 0.2) is 0 Å². The number of ether oxygens (including phenoxy) is 1. The van der Waals surface area contributed by atoms with Gasteiger partial charge >= 0.3 is 5.97 Å². The van der Waals surface area contributed by atoms with Gasteiger partial charge in [0, 0.05) is 10.6 Å². The van der Waals surface area contributed by atoms with Crippen molar-refractivity contribution in [3.05, 3.63) is 94.5 Å². The van der Waals surface area contributed by atoms with Crippen LogP contribution < -0.4 is 9.75 Å². The lowest BCUT2D eigenvalue weighted by Crippen LogP contribution is -2.22. The molecule has 1 N–H and O–H groups in total. The Kier molecular flexibility index (Phi) is 6.29. The Morgan fingerprint density at radius 1 is 1.06 bits per heavy atom. The maximum Gasteiger partial charge on any atom is 0.335 e. The third kappa shape index (κ3) is 4.81. The molecule has 33 heavy (non-hydrogen) atoms. The van der Waals surface area contributed by atoms with Crippen molar-refractivity contribution >= 4 is 41.0 Å². The number of carboxylic acids is 1. The summed E-state index contributed by atoms with van der Waals surface area (Å²) in [4.78, 5) is 24.7. The number of hydrogen-bond acceptors (Lipinski definition) is 4. The van der Waals surface area contributed by atoms with Crippen molar-refractivity contribution in [3.63, 3.8) is 0 Å². The van der Waals surface area contributed by atoms with Crippen LogP contribution >= 0.6 is 11.6 Å². The van der Waals surface area contributed by atoms with E-state index in [-0.39, 0.29) is 17.4 Å². The third-order valence-electron chi connectivity index (χ3n) is 5.05. The fourth-order valence-electron chi connectivity index (χ4n) is 3.42. The molecule has 0 saturated heterocycles. The number of aromatic carboxylic acids is 1. The second kappa shape index (κ2) is 9.30. The first-order chi connectivity index (χ1) is 15.8. The molecule has 0 aliphatic carbocycles. The number of carbonyl (C=O) groups excluding carboxylic acids is 1. The molecule has 1 aliphatic rings. The van der Waals surface area contributed by atoms with Crippen molar-refractivity contribution in [2.75, 3.05) is 5.01 Å². The first kappa shape index (κ1) is 22.3. The molecule has 0 saturated carbocycles. The molecule has 3 aromatic rings. The summed E-state index contributed by atoms with van der Waals surface area (Å²) in [5, 5.41) is 15.7. The summed E-state index contributed by atoms with van der Waals surface area (Å²) in [7, 11) is 0. The van der Waals surface area contributed by atoms with E-state index in [1.165, 1.54) is 17.1 Å². The fraction of sp³-hybridized carbons (Fsp3) is 0.115. The summed E-state index contributed by atoms with van der Waals surface area (Å²) in [5.41, 5.74) is 2.23. The quantitative estimate of drug-likeness (QED) is 0.439. The number of anilines is 1. The van der Waals surface area contributed by atoms with Gasteiger partial charge in [0.2, 0.25) is 0 Å². The van der Waals surface area contributed by atoms with E-state index in [2.05, 4.69) is 5.10 Å². The molecule has 0 spiro atoms. The molecule has 166 valence electrons. The third-order valence-corrected chi connectivity index (χ3v) is 5.30. The molecule has 0 bridgehead atoms. The monoisotopic (exact) mass is 460 g/mol. The van der Waals surface area contributed by atoms with Gasteiger partial charge in [0.05, 0.1) is 22.5 Å². The van der Waals surface area contributed by atoms with Crippen LogP contribution in [0.3, 0.4) is 0 Å². The Hall–Kier alpha value is -3.90. The molecule has 0 radical (unpaired) electrons. The van der Waals surface area contributed by atoms with Crippen molar-refractivity contribution in [2.45, 2.75) is 13.8 Å². The number of rotatable bonds is 6. The molecular formula is C26H21ClN2O4. The van der Waals surface area contributed by atoms with Crippen LogP contribution in [0.2, 0.25) is 5.02 Å². The van der Waals surface area contributed by atoms with Gasteiger partial charge in [-0.3, -0.25) is 4.79 Å². The minimum atomic E-state index is -1.07. The minimum absolute atomic E-state index is 0.0304. The van der Waals surface area contributed by atoms with Crippen LogP contribution in [0.4, 0.5) is 5.69 Å². The lowest BCUT2D eigenvalue weighted by Gasteiger charge is -2.12. The van der Waals surface area contributed by atoms with Crippen LogP contribution in [0.25, 0.3) is 6.08 Å². The average molecular weight is 461 g/mol. The lowest BCUT2D eigenvalue weighted by molar-refractivity contribution is -0.114. The zero-order valence-electron chi connectivity index (χ0n) is 18.0. The molecule has 7 heteroatoms. The number of hydrogen-bond donors (Lipinski definition) is 1. The maximum atomic E-state index is 13.4. The van der Waals surface area contributed by atoms with Gasteiger partial charge in [-0.05, 0) is 60.5 Å². The van der Waals surface area contributed by atoms with Gasteiger partial charge in [0.25, 0.3) is 5.91 Å². The van der Waals surface area contributed by atoms with Crippen molar-refractivity contribution < 1.29 is 19.4 Å². The fourth-order valence-corrected chi connectivity index (χ4v) is 3.54. The number of carbonyl (C=O) groups is 2. The Balaban J connectivity index is 1.72. The predicted molar refractivity (Wildman–Crippen MR) is 129 cm³/mol. The van der Waals surface area contributed by atoms with Gasteiger partial charge in [-0.1, -0.05) is 49.7 Å². The SMILES string of the molecule is CC(C)C1=NN(c2cccc(C(=O)O)c2)C(=O)/C1=C\c1ccccc1Oc1ccc(Cl)cc1. The summed E-state index contributed by atoms with van der Waals surface area (Å²) in [6.07, 6.45) is 1.76. The van der Waals surface area contributed by atoms with E-state index >= 15 is 0 Å². The van der Waals surface area contributed by atoms with Crippen LogP contribution in [0.5, 0.6) is 11.5 Å². The van der Waals surface area contributed by atoms with Gasteiger partial charge in [-0.25, -0.2) is 4.79 Å². The highest BCUT2D eigenvalue weighted by atomic mass is 35.5. The molecule has 1 heterocycles. The number of hydrazone groups is 1. The minimum Gasteiger partial charge on any atom is -0.478 e. The number of benzene rings is 3. The highest BCUT2D eigenvalue weighted by Crippen LogP contribution is 2.32. The second-order valence-electron chi connectivity index (χ2n) is 7.76. The molecule has 0 unspecified atom stereocenters. The van der Waals surface area contributed by atoms with Gasteiger partial charge < -0.3 is 9.84 Å². The molecule has 6 nitrogen and oxygen atoms in total. The lowest BCUT2D eigenvalue weighted by atomic mass is 9.98. The summed E-state index contributed by atoms with van der Waals surface area (Å²) >= 11 is 5.96. The van der Waals surface area contributed by atoms with Crippen LogP contribution in [0.15, 0.2) is 83.5 Å². The van der Waals surface area contributed by atoms with Crippen molar-refractivity contribution in [1.82, 2.24) is 0 Å². The first-order valence-electron chi connectivity index (χ1n) is 10.3. The number of para-hydroxylation sites is 1. The molecule has 0 atom stereocenters. The molecule has 0 aromatic heterocycles. The Bertz CT molecular complexity index is 1280. The number of nitrogens with zero attached hydrogens (tertiary/aromatic N) is 2. The Morgan fingerprint density at radius 2 is 1.79 bits per heavy atom. The van der Waals surface area contributed by atoms with Crippen LogP contribution in [-0.4, -0.2) is 22.7 Å². The molecule has 4 rings (SSSR count). The molecular weight excluding hydrogens is 440 g/mol. The standard InChI is InChI=1S/C26H21ClN2O4/c1-16(2)24-22(25(30)29(28-24)20-8-5-7-18(14-20)26(31)32)15-17-6-3-4-9-23(17)33-21-12-10-19(27)11-13-21/h3-16H,1-2H3,(H,31,32)/b22-15-. The highest BCUT2D eigenvalue weighted by molar-refractivity contribution is 6.33. The topological polar surface area (TPSA) is 79.2 Å². The highest BCUT2D eigenvalue weighted by Gasteiger charge is 2.33. The van der Waals surface area contributed by atoms with Crippen molar-refractivity contribution in [2.24, 2.45) is 11.0 Å². The summed E-state index contributed by atoms with van der Waals surface area (Å²) in [6.45, 7) is 3.90. The smallest absolute Gasteiger partial charge is 0.335 e.